The lowest BCUT2D eigenvalue weighted by atomic mass is 10.1. The van der Waals surface area contributed by atoms with Crippen LogP contribution in [0, 0.1) is 5.92 Å². The van der Waals surface area contributed by atoms with E-state index in [0.29, 0.717) is 23.8 Å². The van der Waals surface area contributed by atoms with Crippen molar-refractivity contribution >= 4 is 29.1 Å². The minimum atomic E-state index is -0.438. The zero-order chi connectivity index (χ0) is 19.8. The first-order valence-electron chi connectivity index (χ1n) is 8.79. The fourth-order valence-corrected chi connectivity index (χ4v) is 2.33. The summed E-state index contributed by atoms with van der Waals surface area (Å²) >= 11 is 0. The third-order valence-electron chi connectivity index (χ3n) is 3.66. The van der Waals surface area contributed by atoms with Gasteiger partial charge in [-0.1, -0.05) is 26.0 Å². The van der Waals surface area contributed by atoms with Crippen LogP contribution in [0.3, 0.4) is 0 Å². The topological polar surface area (TPSA) is 100 Å². The largest absolute Gasteiger partial charge is 0.351 e. The fraction of sp³-hybridized carbons (Fsp3) is 0.300. The molecule has 0 bridgehead atoms. The van der Waals surface area contributed by atoms with Crippen LogP contribution in [-0.4, -0.2) is 29.3 Å². The number of aromatic nitrogens is 1. The average molecular weight is 368 g/mol. The summed E-state index contributed by atoms with van der Waals surface area (Å²) < 4.78 is 0. The average Bonchev–Trinajstić information content (AvgIpc) is 2.61. The second-order valence-corrected chi connectivity index (χ2v) is 6.56. The summed E-state index contributed by atoms with van der Waals surface area (Å²) in [6.45, 7) is 6.13. The summed E-state index contributed by atoms with van der Waals surface area (Å²) in [6.07, 6.45) is 0.872. The highest BCUT2D eigenvalue weighted by molar-refractivity contribution is 6.04. The van der Waals surface area contributed by atoms with Crippen molar-refractivity contribution < 1.29 is 14.4 Å². The molecule has 1 aromatic carbocycles. The number of benzene rings is 1. The standard InChI is InChI=1S/C20H24N4O3/c1-13(2)10-11-21-19(26)17-8-5-9-18(24-17)20(27)23-16-7-4-6-15(12-16)22-14(3)25/h4-9,12-13H,10-11H2,1-3H3,(H,21,26)(H,22,25)(H,23,27). The summed E-state index contributed by atoms with van der Waals surface area (Å²) in [5, 5.41) is 8.16. The quantitative estimate of drug-likeness (QED) is 0.699. The lowest BCUT2D eigenvalue weighted by Gasteiger charge is -2.09. The molecular weight excluding hydrogens is 344 g/mol. The lowest BCUT2D eigenvalue weighted by Crippen LogP contribution is -2.27. The van der Waals surface area contributed by atoms with Crippen LogP contribution in [0.4, 0.5) is 11.4 Å². The van der Waals surface area contributed by atoms with Crippen LogP contribution in [0.5, 0.6) is 0 Å². The molecule has 0 unspecified atom stereocenters. The molecule has 2 aromatic rings. The van der Waals surface area contributed by atoms with E-state index in [1.807, 2.05) is 0 Å². The number of anilines is 2. The molecular formula is C20H24N4O3. The van der Waals surface area contributed by atoms with E-state index in [1.165, 1.54) is 13.0 Å². The minimum absolute atomic E-state index is 0.136. The monoisotopic (exact) mass is 368 g/mol. The normalized spacial score (nSPS) is 10.4. The Kier molecular flexibility index (Phi) is 7.05. The number of hydrogen-bond donors (Lipinski definition) is 3. The van der Waals surface area contributed by atoms with Crippen LogP contribution in [0.2, 0.25) is 0 Å². The van der Waals surface area contributed by atoms with Gasteiger partial charge in [0, 0.05) is 24.8 Å². The van der Waals surface area contributed by atoms with E-state index >= 15 is 0 Å². The number of nitrogens with one attached hydrogen (secondary N) is 3. The van der Waals surface area contributed by atoms with E-state index in [4.69, 9.17) is 0 Å². The zero-order valence-electron chi connectivity index (χ0n) is 15.7. The highest BCUT2D eigenvalue weighted by Gasteiger charge is 2.13. The van der Waals surface area contributed by atoms with Gasteiger partial charge in [-0.15, -0.1) is 0 Å². The third kappa shape index (κ3) is 6.54. The molecule has 7 heteroatoms. The number of rotatable bonds is 7. The molecule has 0 aliphatic heterocycles. The SMILES string of the molecule is CC(=O)Nc1cccc(NC(=O)c2cccc(C(=O)NCCC(C)C)n2)c1. The maximum absolute atomic E-state index is 12.4. The summed E-state index contributed by atoms with van der Waals surface area (Å²) in [5.74, 6) is -0.454. The number of hydrogen-bond acceptors (Lipinski definition) is 4. The van der Waals surface area contributed by atoms with Crippen LogP contribution < -0.4 is 16.0 Å². The Morgan fingerprint density at radius 1 is 0.926 bits per heavy atom. The summed E-state index contributed by atoms with van der Waals surface area (Å²) in [7, 11) is 0. The number of carbonyl (C=O) groups is 3. The molecule has 0 radical (unpaired) electrons. The highest BCUT2D eigenvalue weighted by atomic mass is 16.2. The van der Waals surface area contributed by atoms with Gasteiger partial charge >= 0.3 is 0 Å². The van der Waals surface area contributed by atoms with Crippen LogP contribution in [0.1, 0.15) is 48.2 Å². The van der Waals surface area contributed by atoms with Crippen molar-refractivity contribution in [2.24, 2.45) is 5.92 Å². The van der Waals surface area contributed by atoms with Crippen molar-refractivity contribution in [1.29, 1.82) is 0 Å². The minimum Gasteiger partial charge on any atom is -0.351 e. The molecule has 142 valence electrons. The van der Waals surface area contributed by atoms with Gasteiger partial charge in [0.2, 0.25) is 5.91 Å². The van der Waals surface area contributed by atoms with Gasteiger partial charge in [0.15, 0.2) is 0 Å². The lowest BCUT2D eigenvalue weighted by molar-refractivity contribution is -0.114. The molecule has 0 aliphatic carbocycles. The van der Waals surface area contributed by atoms with Crippen molar-refractivity contribution in [3.05, 3.63) is 53.9 Å². The third-order valence-corrected chi connectivity index (χ3v) is 3.66. The second-order valence-electron chi connectivity index (χ2n) is 6.56. The van der Waals surface area contributed by atoms with Crippen molar-refractivity contribution in [1.82, 2.24) is 10.3 Å². The maximum atomic E-state index is 12.4. The van der Waals surface area contributed by atoms with E-state index in [1.54, 1.807) is 36.4 Å². The number of amides is 3. The first kappa shape index (κ1) is 20.1. The molecule has 27 heavy (non-hydrogen) atoms. The summed E-state index contributed by atoms with van der Waals surface area (Å²) in [6, 6.07) is 11.5. The molecule has 0 atom stereocenters. The van der Waals surface area contributed by atoms with Gasteiger partial charge in [-0.2, -0.15) is 0 Å². The maximum Gasteiger partial charge on any atom is 0.274 e. The molecule has 0 aliphatic rings. The van der Waals surface area contributed by atoms with Crippen LogP contribution in [0.25, 0.3) is 0 Å². The molecule has 0 spiro atoms. The highest BCUT2D eigenvalue weighted by Crippen LogP contribution is 2.16. The van der Waals surface area contributed by atoms with Crippen molar-refractivity contribution in [2.75, 3.05) is 17.2 Å². The van der Waals surface area contributed by atoms with Gasteiger partial charge in [0.05, 0.1) is 0 Å². The van der Waals surface area contributed by atoms with E-state index in [9.17, 15) is 14.4 Å². The Labute approximate surface area is 158 Å². The molecule has 0 fully saturated rings. The van der Waals surface area contributed by atoms with Gasteiger partial charge in [-0.25, -0.2) is 4.98 Å². The molecule has 0 saturated heterocycles. The summed E-state index contributed by atoms with van der Waals surface area (Å²) in [5.41, 5.74) is 1.42. The van der Waals surface area contributed by atoms with Crippen LogP contribution in [0.15, 0.2) is 42.5 Å². The molecule has 7 nitrogen and oxygen atoms in total. The smallest absolute Gasteiger partial charge is 0.274 e. The molecule has 3 amide bonds. The molecule has 1 heterocycles. The van der Waals surface area contributed by atoms with Crippen LogP contribution >= 0.6 is 0 Å². The van der Waals surface area contributed by atoms with Crippen LogP contribution in [-0.2, 0) is 4.79 Å². The number of carbonyl (C=O) groups excluding carboxylic acids is 3. The molecule has 2 rings (SSSR count). The predicted molar refractivity (Wildman–Crippen MR) is 105 cm³/mol. The molecule has 3 N–H and O–H groups in total. The van der Waals surface area contributed by atoms with Crippen molar-refractivity contribution in [2.45, 2.75) is 27.2 Å². The van der Waals surface area contributed by atoms with Gasteiger partial charge in [0.25, 0.3) is 11.8 Å². The Hall–Kier alpha value is -3.22. The fourth-order valence-electron chi connectivity index (χ4n) is 2.33. The van der Waals surface area contributed by atoms with Gasteiger partial charge in [0.1, 0.15) is 11.4 Å². The Bertz CT molecular complexity index is 833. The van der Waals surface area contributed by atoms with E-state index < -0.39 is 5.91 Å². The van der Waals surface area contributed by atoms with Gasteiger partial charge < -0.3 is 16.0 Å². The first-order chi connectivity index (χ1) is 12.8. The van der Waals surface area contributed by atoms with Crippen molar-refractivity contribution in [3.8, 4) is 0 Å². The summed E-state index contributed by atoms with van der Waals surface area (Å²) in [4.78, 5) is 39.9. The van der Waals surface area contributed by atoms with Crippen molar-refractivity contribution in [3.63, 3.8) is 0 Å². The predicted octanol–water partition coefficient (Wildman–Crippen LogP) is 3.07. The second kappa shape index (κ2) is 9.47. The van der Waals surface area contributed by atoms with E-state index in [0.717, 1.165) is 6.42 Å². The molecule has 0 saturated carbocycles. The van der Waals surface area contributed by atoms with E-state index in [-0.39, 0.29) is 23.2 Å². The van der Waals surface area contributed by atoms with Gasteiger partial charge in [-0.3, -0.25) is 14.4 Å². The van der Waals surface area contributed by atoms with E-state index in [2.05, 4.69) is 34.8 Å². The zero-order valence-corrected chi connectivity index (χ0v) is 15.7. The Morgan fingerprint density at radius 3 is 2.15 bits per heavy atom. The Morgan fingerprint density at radius 2 is 1.52 bits per heavy atom. The Balaban J connectivity index is 2.04. The molecule has 1 aromatic heterocycles. The number of nitrogens with zero attached hydrogens (tertiary/aromatic N) is 1. The number of pyridine rings is 1. The first-order valence-corrected chi connectivity index (χ1v) is 8.79. The van der Waals surface area contributed by atoms with Gasteiger partial charge in [-0.05, 0) is 42.7 Å².